The van der Waals surface area contributed by atoms with Crippen LogP contribution in [0.5, 0.6) is 0 Å². The minimum absolute atomic E-state index is 0.170. The van der Waals surface area contributed by atoms with E-state index in [1.165, 1.54) is 16.7 Å². The summed E-state index contributed by atoms with van der Waals surface area (Å²) in [6.07, 6.45) is 0.727. The van der Waals surface area contributed by atoms with E-state index in [2.05, 4.69) is 32.0 Å². The van der Waals surface area contributed by atoms with E-state index in [9.17, 15) is 4.39 Å². The Bertz CT molecular complexity index is 570. The van der Waals surface area contributed by atoms with Crippen LogP contribution in [0.2, 0.25) is 0 Å². The molecule has 1 unspecified atom stereocenters. The van der Waals surface area contributed by atoms with Crippen molar-refractivity contribution in [2.24, 2.45) is 5.73 Å². The fourth-order valence-corrected chi connectivity index (χ4v) is 2.40. The highest BCUT2D eigenvalue weighted by Crippen LogP contribution is 2.20. The molecule has 0 saturated heterocycles. The van der Waals surface area contributed by atoms with Gasteiger partial charge < -0.3 is 5.73 Å². The molecule has 0 radical (unpaired) electrons. The van der Waals surface area contributed by atoms with E-state index in [1.807, 2.05) is 6.07 Å². The van der Waals surface area contributed by atoms with E-state index < -0.39 is 0 Å². The Morgan fingerprint density at radius 3 is 2.21 bits per heavy atom. The summed E-state index contributed by atoms with van der Waals surface area (Å²) in [6.45, 7) is 5.91. The van der Waals surface area contributed by atoms with E-state index in [0.29, 0.717) is 5.56 Å². The SMILES string of the molecule is Cc1cc(C)cc(CC(N)c2ccc(C)c(F)c2)c1. The normalized spacial score (nSPS) is 12.5. The summed E-state index contributed by atoms with van der Waals surface area (Å²) >= 11 is 0. The molecule has 0 saturated carbocycles. The summed E-state index contributed by atoms with van der Waals surface area (Å²) in [4.78, 5) is 0. The van der Waals surface area contributed by atoms with Crippen LogP contribution < -0.4 is 5.73 Å². The second kappa shape index (κ2) is 5.54. The van der Waals surface area contributed by atoms with Gasteiger partial charge in [0.15, 0.2) is 0 Å². The lowest BCUT2D eigenvalue weighted by Crippen LogP contribution is -2.14. The van der Waals surface area contributed by atoms with Crippen molar-refractivity contribution in [2.45, 2.75) is 33.2 Å². The van der Waals surface area contributed by atoms with Crippen LogP contribution in [0.4, 0.5) is 4.39 Å². The van der Waals surface area contributed by atoms with Gasteiger partial charge in [-0.25, -0.2) is 4.39 Å². The lowest BCUT2D eigenvalue weighted by Gasteiger charge is -2.14. The van der Waals surface area contributed by atoms with Crippen LogP contribution in [-0.2, 0) is 6.42 Å². The van der Waals surface area contributed by atoms with Crippen molar-refractivity contribution in [2.75, 3.05) is 0 Å². The average molecular weight is 257 g/mol. The minimum atomic E-state index is -0.187. The van der Waals surface area contributed by atoms with Crippen LogP contribution in [0, 0.1) is 26.6 Å². The summed E-state index contributed by atoms with van der Waals surface area (Å²) < 4.78 is 13.6. The number of halogens is 1. The van der Waals surface area contributed by atoms with Gasteiger partial charge in [-0.1, -0.05) is 41.5 Å². The quantitative estimate of drug-likeness (QED) is 0.884. The first-order chi connectivity index (χ1) is 8.95. The fourth-order valence-electron chi connectivity index (χ4n) is 2.40. The van der Waals surface area contributed by atoms with Gasteiger partial charge in [-0.15, -0.1) is 0 Å². The summed E-state index contributed by atoms with van der Waals surface area (Å²) in [5.41, 5.74) is 11.4. The lowest BCUT2D eigenvalue weighted by molar-refractivity contribution is 0.609. The third-order valence-corrected chi connectivity index (χ3v) is 3.36. The fraction of sp³-hybridized carbons (Fsp3) is 0.294. The largest absolute Gasteiger partial charge is 0.324 e. The maximum atomic E-state index is 13.6. The van der Waals surface area contributed by atoms with E-state index in [0.717, 1.165) is 12.0 Å². The van der Waals surface area contributed by atoms with Crippen LogP contribution >= 0.6 is 0 Å². The molecule has 100 valence electrons. The van der Waals surface area contributed by atoms with Crippen molar-refractivity contribution < 1.29 is 4.39 Å². The van der Waals surface area contributed by atoms with Gasteiger partial charge in [0, 0.05) is 6.04 Å². The molecule has 19 heavy (non-hydrogen) atoms. The monoisotopic (exact) mass is 257 g/mol. The van der Waals surface area contributed by atoms with Crippen molar-refractivity contribution >= 4 is 0 Å². The van der Waals surface area contributed by atoms with Crippen LogP contribution in [-0.4, -0.2) is 0 Å². The molecule has 2 rings (SSSR count). The Kier molecular flexibility index (Phi) is 4.01. The minimum Gasteiger partial charge on any atom is -0.324 e. The molecule has 0 aliphatic carbocycles. The van der Waals surface area contributed by atoms with E-state index in [-0.39, 0.29) is 11.9 Å². The topological polar surface area (TPSA) is 26.0 Å². The third-order valence-electron chi connectivity index (χ3n) is 3.36. The van der Waals surface area contributed by atoms with Crippen LogP contribution in [0.3, 0.4) is 0 Å². The number of aryl methyl sites for hydroxylation is 3. The first kappa shape index (κ1) is 13.8. The van der Waals surface area contributed by atoms with Gasteiger partial charge >= 0.3 is 0 Å². The Morgan fingerprint density at radius 2 is 1.63 bits per heavy atom. The molecule has 2 N–H and O–H groups in total. The highest BCUT2D eigenvalue weighted by molar-refractivity contribution is 5.31. The summed E-state index contributed by atoms with van der Waals surface area (Å²) in [5.74, 6) is -0.187. The van der Waals surface area contributed by atoms with Gasteiger partial charge in [0.25, 0.3) is 0 Å². The molecule has 0 spiro atoms. The summed E-state index contributed by atoms with van der Waals surface area (Å²) in [6, 6.07) is 11.5. The van der Waals surface area contributed by atoms with Crippen LogP contribution in [0.15, 0.2) is 36.4 Å². The van der Waals surface area contributed by atoms with Gasteiger partial charge in [-0.3, -0.25) is 0 Å². The van der Waals surface area contributed by atoms with Crippen LogP contribution in [0.25, 0.3) is 0 Å². The molecule has 0 aliphatic heterocycles. The maximum absolute atomic E-state index is 13.6. The number of rotatable bonds is 3. The van der Waals surface area contributed by atoms with Crippen molar-refractivity contribution in [1.82, 2.24) is 0 Å². The number of benzene rings is 2. The standard InChI is InChI=1S/C17H20FN/c1-11-6-12(2)8-14(7-11)9-17(19)15-5-4-13(3)16(18)10-15/h4-8,10,17H,9,19H2,1-3H3. The Labute approximate surface area is 114 Å². The van der Waals surface area contributed by atoms with Crippen molar-refractivity contribution in [3.8, 4) is 0 Å². The van der Waals surface area contributed by atoms with Gasteiger partial charge in [0.2, 0.25) is 0 Å². The third kappa shape index (κ3) is 3.42. The van der Waals surface area contributed by atoms with Gasteiger partial charge in [0.1, 0.15) is 5.82 Å². The predicted molar refractivity (Wildman–Crippen MR) is 77.7 cm³/mol. The first-order valence-corrected chi connectivity index (χ1v) is 6.54. The maximum Gasteiger partial charge on any atom is 0.126 e. The zero-order valence-corrected chi connectivity index (χ0v) is 11.7. The van der Waals surface area contributed by atoms with Gasteiger partial charge in [0.05, 0.1) is 0 Å². The smallest absolute Gasteiger partial charge is 0.126 e. The predicted octanol–water partition coefficient (Wildman–Crippen LogP) is 3.99. The second-order valence-electron chi connectivity index (χ2n) is 5.32. The van der Waals surface area contributed by atoms with Crippen molar-refractivity contribution in [1.29, 1.82) is 0 Å². The summed E-state index contributed by atoms with van der Waals surface area (Å²) in [7, 11) is 0. The first-order valence-electron chi connectivity index (χ1n) is 6.54. The van der Waals surface area contributed by atoms with E-state index in [4.69, 9.17) is 5.73 Å². The Morgan fingerprint density at radius 1 is 1.00 bits per heavy atom. The van der Waals surface area contributed by atoms with Crippen LogP contribution in [0.1, 0.15) is 33.9 Å². The highest BCUT2D eigenvalue weighted by Gasteiger charge is 2.09. The molecular weight excluding hydrogens is 237 g/mol. The van der Waals surface area contributed by atoms with Crippen molar-refractivity contribution in [3.05, 3.63) is 70.0 Å². The molecule has 0 amide bonds. The highest BCUT2D eigenvalue weighted by atomic mass is 19.1. The van der Waals surface area contributed by atoms with Crippen molar-refractivity contribution in [3.63, 3.8) is 0 Å². The molecule has 2 aromatic carbocycles. The molecule has 0 bridgehead atoms. The molecule has 2 aromatic rings. The second-order valence-corrected chi connectivity index (χ2v) is 5.32. The lowest BCUT2D eigenvalue weighted by atomic mass is 9.96. The molecule has 1 atom stereocenters. The zero-order valence-electron chi connectivity index (χ0n) is 11.7. The van der Waals surface area contributed by atoms with E-state index in [1.54, 1.807) is 19.1 Å². The molecule has 0 heterocycles. The number of hydrogen-bond donors (Lipinski definition) is 1. The number of nitrogens with two attached hydrogens (primary N) is 1. The molecule has 0 fully saturated rings. The Balaban J connectivity index is 2.20. The molecule has 0 aliphatic rings. The molecule has 2 heteroatoms. The number of hydrogen-bond acceptors (Lipinski definition) is 1. The average Bonchev–Trinajstić information content (AvgIpc) is 2.31. The zero-order chi connectivity index (χ0) is 14.0. The van der Waals surface area contributed by atoms with Gasteiger partial charge in [-0.05, 0) is 49.9 Å². The van der Waals surface area contributed by atoms with E-state index >= 15 is 0 Å². The summed E-state index contributed by atoms with van der Waals surface area (Å²) in [5, 5.41) is 0. The molecule has 0 aromatic heterocycles. The Hall–Kier alpha value is -1.67. The molecular formula is C17H20FN. The van der Waals surface area contributed by atoms with Gasteiger partial charge in [-0.2, -0.15) is 0 Å². The molecule has 1 nitrogen and oxygen atoms in total.